The molecule has 88 valence electrons. The first-order chi connectivity index (χ1) is 8.18. The van der Waals surface area contributed by atoms with Gasteiger partial charge in [0.25, 0.3) is 0 Å². The molecule has 2 aromatic rings. The number of aryl methyl sites for hydroxylation is 2. The van der Waals surface area contributed by atoms with Gasteiger partial charge in [0, 0.05) is 43.0 Å². The fourth-order valence-electron chi connectivity index (χ4n) is 1.57. The van der Waals surface area contributed by atoms with Gasteiger partial charge in [-0.25, -0.2) is 4.98 Å². The van der Waals surface area contributed by atoms with E-state index < -0.39 is 0 Å². The fourth-order valence-corrected chi connectivity index (χ4v) is 2.05. The maximum absolute atomic E-state index is 11.9. The van der Waals surface area contributed by atoms with Crippen LogP contribution < -0.4 is 0 Å². The molecule has 0 saturated carbocycles. The standard InChI is InChI=1S/C12H12BrN3O/c1-16-8-7-14-11(16)5-4-10(17)12-9(13)3-2-6-15-12/h2-3,6-8H,4-5H2,1H3. The minimum absolute atomic E-state index is 0.0282. The summed E-state index contributed by atoms with van der Waals surface area (Å²) < 4.78 is 2.66. The average molecular weight is 294 g/mol. The number of Topliss-reactive ketones (excluding diaryl/α,β-unsaturated/α-hetero) is 1. The molecule has 0 atom stereocenters. The summed E-state index contributed by atoms with van der Waals surface area (Å²) in [7, 11) is 1.92. The number of rotatable bonds is 4. The van der Waals surface area contributed by atoms with Crippen LogP contribution in [0.1, 0.15) is 22.7 Å². The van der Waals surface area contributed by atoms with Crippen molar-refractivity contribution in [1.29, 1.82) is 0 Å². The number of pyridine rings is 1. The molecule has 0 radical (unpaired) electrons. The van der Waals surface area contributed by atoms with Crippen LogP contribution in [-0.2, 0) is 13.5 Å². The quantitative estimate of drug-likeness (QED) is 0.813. The number of halogens is 1. The highest BCUT2D eigenvalue weighted by Gasteiger charge is 2.12. The number of ketones is 1. The van der Waals surface area contributed by atoms with Crippen molar-refractivity contribution < 1.29 is 4.79 Å². The maximum atomic E-state index is 11.9. The van der Waals surface area contributed by atoms with Crippen LogP contribution in [0.15, 0.2) is 35.2 Å². The Bertz CT molecular complexity index is 536. The second kappa shape index (κ2) is 5.23. The molecule has 4 nitrogen and oxygen atoms in total. The normalized spacial score (nSPS) is 10.5. The van der Waals surface area contributed by atoms with Crippen LogP contribution >= 0.6 is 15.9 Å². The van der Waals surface area contributed by atoms with E-state index in [0.717, 1.165) is 10.3 Å². The second-order valence-corrected chi connectivity index (χ2v) is 4.57. The molecule has 17 heavy (non-hydrogen) atoms. The molecule has 0 aromatic carbocycles. The first-order valence-corrected chi connectivity index (χ1v) is 6.07. The van der Waals surface area contributed by atoms with Gasteiger partial charge in [-0.2, -0.15) is 0 Å². The zero-order valence-corrected chi connectivity index (χ0v) is 11.0. The van der Waals surface area contributed by atoms with E-state index in [1.807, 2.05) is 23.9 Å². The Balaban J connectivity index is 2.04. The predicted molar refractivity (Wildman–Crippen MR) is 67.8 cm³/mol. The van der Waals surface area contributed by atoms with E-state index in [1.165, 1.54) is 0 Å². The molecule has 0 amide bonds. The lowest BCUT2D eigenvalue weighted by molar-refractivity contribution is 0.0976. The third-order valence-electron chi connectivity index (χ3n) is 2.52. The first kappa shape index (κ1) is 12.0. The summed E-state index contributed by atoms with van der Waals surface area (Å²) in [6.07, 6.45) is 6.28. The smallest absolute Gasteiger partial charge is 0.182 e. The van der Waals surface area contributed by atoms with Gasteiger partial charge in [-0.3, -0.25) is 9.78 Å². The predicted octanol–water partition coefficient (Wildman–Crippen LogP) is 2.39. The molecule has 0 spiro atoms. The van der Waals surface area contributed by atoms with Crippen LogP contribution in [0, 0.1) is 0 Å². The van der Waals surface area contributed by atoms with Gasteiger partial charge in [0.15, 0.2) is 5.78 Å². The summed E-state index contributed by atoms with van der Waals surface area (Å²) in [6, 6.07) is 3.61. The fraction of sp³-hybridized carbons (Fsp3) is 0.250. The van der Waals surface area contributed by atoms with Crippen molar-refractivity contribution in [2.24, 2.45) is 7.05 Å². The Morgan fingerprint density at radius 1 is 1.41 bits per heavy atom. The summed E-state index contributed by atoms with van der Waals surface area (Å²) in [5.74, 6) is 0.936. The van der Waals surface area contributed by atoms with Gasteiger partial charge in [-0.1, -0.05) is 0 Å². The Hall–Kier alpha value is -1.49. The van der Waals surface area contributed by atoms with Crippen LogP contribution in [0.25, 0.3) is 0 Å². The lowest BCUT2D eigenvalue weighted by Crippen LogP contribution is -2.07. The SMILES string of the molecule is Cn1ccnc1CCC(=O)c1ncccc1Br. The number of hydrogen-bond donors (Lipinski definition) is 0. The number of carbonyl (C=O) groups is 1. The van der Waals surface area contributed by atoms with Crippen molar-refractivity contribution >= 4 is 21.7 Å². The summed E-state index contributed by atoms with van der Waals surface area (Å²) in [4.78, 5) is 20.2. The van der Waals surface area contributed by atoms with Gasteiger partial charge in [0.2, 0.25) is 0 Å². The molecule has 0 bridgehead atoms. The zero-order chi connectivity index (χ0) is 12.3. The third kappa shape index (κ3) is 2.79. The Labute approximate surface area is 108 Å². The highest BCUT2D eigenvalue weighted by molar-refractivity contribution is 9.10. The minimum atomic E-state index is 0.0282. The van der Waals surface area contributed by atoms with Crippen LogP contribution in [0.3, 0.4) is 0 Å². The van der Waals surface area contributed by atoms with Crippen LogP contribution in [0.5, 0.6) is 0 Å². The molecule has 0 saturated heterocycles. The van der Waals surface area contributed by atoms with Crippen LogP contribution in [0.4, 0.5) is 0 Å². The van der Waals surface area contributed by atoms with E-state index >= 15 is 0 Å². The second-order valence-electron chi connectivity index (χ2n) is 3.71. The lowest BCUT2D eigenvalue weighted by Gasteiger charge is -2.03. The summed E-state index contributed by atoms with van der Waals surface area (Å²) in [6.45, 7) is 0. The molecule has 0 aliphatic carbocycles. The first-order valence-electron chi connectivity index (χ1n) is 5.28. The number of aromatic nitrogens is 3. The molecular formula is C12H12BrN3O. The van der Waals surface area contributed by atoms with Gasteiger partial charge in [0.1, 0.15) is 11.5 Å². The van der Waals surface area contributed by atoms with Gasteiger partial charge in [0.05, 0.1) is 0 Å². The van der Waals surface area contributed by atoms with Crippen molar-refractivity contribution in [2.45, 2.75) is 12.8 Å². The molecule has 0 aliphatic rings. The maximum Gasteiger partial charge on any atom is 0.182 e. The Morgan fingerprint density at radius 3 is 2.88 bits per heavy atom. The topological polar surface area (TPSA) is 47.8 Å². The zero-order valence-electron chi connectivity index (χ0n) is 9.43. The molecule has 0 unspecified atom stereocenters. The molecule has 2 aromatic heterocycles. The lowest BCUT2D eigenvalue weighted by atomic mass is 10.1. The van der Waals surface area contributed by atoms with Gasteiger partial charge in [-0.15, -0.1) is 0 Å². The van der Waals surface area contributed by atoms with Crippen molar-refractivity contribution in [3.8, 4) is 0 Å². The monoisotopic (exact) mass is 293 g/mol. The molecule has 0 aliphatic heterocycles. The molecule has 2 rings (SSSR count). The van der Waals surface area contributed by atoms with Crippen molar-refractivity contribution in [3.63, 3.8) is 0 Å². The van der Waals surface area contributed by atoms with E-state index in [0.29, 0.717) is 18.5 Å². The highest BCUT2D eigenvalue weighted by atomic mass is 79.9. The number of carbonyl (C=O) groups excluding carboxylic acids is 1. The summed E-state index contributed by atoms with van der Waals surface area (Å²) in [5, 5.41) is 0. The van der Waals surface area contributed by atoms with Gasteiger partial charge >= 0.3 is 0 Å². The summed E-state index contributed by atoms with van der Waals surface area (Å²) in [5.41, 5.74) is 0.488. The van der Waals surface area contributed by atoms with E-state index in [-0.39, 0.29) is 5.78 Å². The Morgan fingerprint density at radius 2 is 2.24 bits per heavy atom. The van der Waals surface area contributed by atoms with E-state index in [2.05, 4.69) is 25.9 Å². The molecule has 0 N–H and O–H groups in total. The number of hydrogen-bond acceptors (Lipinski definition) is 3. The van der Waals surface area contributed by atoms with E-state index in [9.17, 15) is 4.79 Å². The largest absolute Gasteiger partial charge is 0.338 e. The molecule has 0 fully saturated rings. The van der Waals surface area contributed by atoms with Crippen LogP contribution in [0.2, 0.25) is 0 Å². The summed E-state index contributed by atoms with van der Waals surface area (Å²) >= 11 is 3.33. The van der Waals surface area contributed by atoms with Gasteiger partial charge in [-0.05, 0) is 28.1 Å². The van der Waals surface area contributed by atoms with E-state index in [4.69, 9.17) is 0 Å². The van der Waals surface area contributed by atoms with Crippen molar-refractivity contribution in [3.05, 3.63) is 46.7 Å². The molecule has 5 heteroatoms. The average Bonchev–Trinajstić information content (AvgIpc) is 2.72. The van der Waals surface area contributed by atoms with E-state index in [1.54, 1.807) is 18.5 Å². The molecule has 2 heterocycles. The van der Waals surface area contributed by atoms with Crippen molar-refractivity contribution in [1.82, 2.24) is 14.5 Å². The van der Waals surface area contributed by atoms with Crippen LogP contribution in [-0.4, -0.2) is 20.3 Å². The minimum Gasteiger partial charge on any atom is -0.338 e. The number of nitrogens with zero attached hydrogens (tertiary/aromatic N) is 3. The van der Waals surface area contributed by atoms with Crippen molar-refractivity contribution in [2.75, 3.05) is 0 Å². The van der Waals surface area contributed by atoms with Gasteiger partial charge < -0.3 is 4.57 Å². The molecular weight excluding hydrogens is 282 g/mol. The number of imidazole rings is 1. The Kier molecular flexibility index (Phi) is 3.68. The third-order valence-corrected chi connectivity index (χ3v) is 3.16. The highest BCUT2D eigenvalue weighted by Crippen LogP contribution is 2.15.